The fourth-order valence-electron chi connectivity index (χ4n) is 2.41. The van der Waals surface area contributed by atoms with Crippen LogP contribution in [0.15, 0.2) is 18.2 Å². The third-order valence-electron chi connectivity index (χ3n) is 3.36. The summed E-state index contributed by atoms with van der Waals surface area (Å²) in [6.45, 7) is 1.66. The molecule has 5 nitrogen and oxygen atoms in total. The number of para-hydroxylation sites is 1. The van der Waals surface area contributed by atoms with Gasteiger partial charge in [0.2, 0.25) is 0 Å². The van der Waals surface area contributed by atoms with E-state index in [-0.39, 0.29) is 31.6 Å². The third kappa shape index (κ3) is 3.35. The van der Waals surface area contributed by atoms with E-state index in [0.29, 0.717) is 0 Å². The summed E-state index contributed by atoms with van der Waals surface area (Å²) >= 11 is 0. The van der Waals surface area contributed by atoms with Crippen molar-refractivity contribution in [2.24, 2.45) is 0 Å². The minimum Gasteiger partial charge on any atom is -0.466 e. The fraction of sp³-hybridized carbons (Fsp3) is 0.400. The number of Topliss-reactive ketones (excluding diaryl/α,β-unsaturated/α-hetero) is 1. The van der Waals surface area contributed by atoms with Crippen molar-refractivity contribution in [2.45, 2.75) is 25.9 Å². The molecule has 0 N–H and O–H groups in total. The van der Waals surface area contributed by atoms with E-state index in [1.54, 1.807) is 6.92 Å². The van der Waals surface area contributed by atoms with Crippen LogP contribution in [-0.2, 0) is 20.5 Å². The van der Waals surface area contributed by atoms with Crippen LogP contribution < -0.4 is 4.90 Å². The molecule has 1 aliphatic rings. The molecule has 0 radical (unpaired) electrons. The lowest BCUT2D eigenvalue weighted by atomic mass is 10.1. The molecular formula is C15H14F3NO4. The minimum absolute atomic E-state index is 0.0463. The van der Waals surface area contributed by atoms with Crippen LogP contribution in [-0.4, -0.2) is 30.8 Å². The Balaban J connectivity index is 2.25. The van der Waals surface area contributed by atoms with Gasteiger partial charge < -0.3 is 9.64 Å². The van der Waals surface area contributed by atoms with Gasteiger partial charge in [-0.25, -0.2) is 0 Å². The van der Waals surface area contributed by atoms with Gasteiger partial charge in [0.15, 0.2) is 0 Å². The molecule has 0 aliphatic carbocycles. The Kier molecular flexibility index (Phi) is 4.72. The molecule has 0 unspecified atom stereocenters. The first-order valence-corrected chi connectivity index (χ1v) is 6.99. The van der Waals surface area contributed by atoms with Crippen LogP contribution in [0, 0.1) is 0 Å². The lowest BCUT2D eigenvalue weighted by Gasteiger charge is -2.20. The summed E-state index contributed by atoms with van der Waals surface area (Å²) in [6.07, 6.45) is -4.63. The van der Waals surface area contributed by atoms with Crippen molar-refractivity contribution in [2.75, 3.05) is 18.1 Å². The van der Waals surface area contributed by atoms with E-state index in [4.69, 9.17) is 4.74 Å². The number of nitrogens with zero attached hydrogens (tertiary/aromatic N) is 1. The SMILES string of the molecule is CCOC(=O)CCCN1C(=O)C(=O)c2cccc(C(F)(F)F)c21. The maximum absolute atomic E-state index is 13.1. The lowest BCUT2D eigenvalue weighted by Crippen LogP contribution is -2.32. The molecule has 23 heavy (non-hydrogen) atoms. The van der Waals surface area contributed by atoms with Gasteiger partial charge in [0.05, 0.1) is 23.4 Å². The number of halogens is 3. The molecule has 1 aliphatic heterocycles. The maximum Gasteiger partial charge on any atom is 0.418 e. The Morgan fingerprint density at radius 2 is 1.96 bits per heavy atom. The van der Waals surface area contributed by atoms with Crippen LogP contribution in [0.2, 0.25) is 0 Å². The summed E-state index contributed by atoms with van der Waals surface area (Å²) in [7, 11) is 0. The number of fused-ring (bicyclic) bond motifs is 1. The van der Waals surface area contributed by atoms with Crippen molar-refractivity contribution in [1.82, 2.24) is 0 Å². The molecule has 124 valence electrons. The van der Waals surface area contributed by atoms with Gasteiger partial charge in [0, 0.05) is 13.0 Å². The molecule has 0 atom stereocenters. The van der Waals surface area contributed by atoms with Crippen molar-refractivity contribution >= 4 is 23.3 Å². The molecule has 0 bridgehead atoms. The van der Waals surface area contributed by atoms with Gasteiger partial charge in [-0.15, -0.1) is 0 Å². The Bertz CT molecular complexity index is 655. The van der Waals surface area contributed by atoms with Crippen LogP contribution in [0.4, 0.5) is 18.9 Å². The van der Waals surface area contributed by atoms with Crippen LogP contribution in [0.1, 0.15) is 35.7 Å². The number of ether oxygens (including phenoxy) is 1. The summed E-state index contributed by atoms with van der Waals surface area (Å²) in [5.74, 6) is -2.49. The Labute approximate surface area is 130 Å². The number of rotatable bonds is 5. The van der Waals surface area contributed by atoms with Gasteiger partial charge in [-0.2, -0.15) is 13.2 Å². The van der Waals surface area contributed by atoms with Crippen LogP contribution in [0.25, 0.3) is 0 Å². The molecule has 0 saturated heterocycles. The van der Waals surface area contributed by atoms with Gasteiger partial charge in [-0.3, -0.25) is 14.4 Å². The highest BCUT2D eigenvalue weighted by molar-refractivity contribution is 6.52. The molecular weight excluding hydrogens is 315 g/mol. The monoisotopic (exact) mass is 329 g/mol. The molecule has 1 aromatic carbocycles. The predicted molar refractivity (Wildman–Crippen MR) is 74.0 cm³/mol. The molecule has 0 spiro atoms. The van der Waals surface area contributed by atoms with E-state index in [0.717, 1.165) is 17.0 Å². The number of ketones is 1. The topological polar surface area (TPSA) is 63.7 Å². The van der Waals surface area contributed by atoms with Crippen molar-refractivity contribution in [3.8, 4) is 0 Å². The first-order chi connectivity index (χ1) is 10.8. The highest BCUT2D eigenvalue weighted by Crippen LogP contribution is 2.41. The highest BCUT2D eigenvalue weighted by Gasteiger charge is 2.43. The van der Waals surface area contributed by atoms with Crippen molar-refractivity contribution in [3.05, 3.63) is 29.3 Å². The maximum atomic E-state index is 13.1. The van der Waals surface area contributed by atoms with Gasteiger partial charge in [-0.05, 0) is 25.5 Å². The number of amides is 1. The summed E-state index contributed by atoms with van der Waals surface area (Å²) in [6, 6.07) is 3.11. The standard InChI is InChI=1S/C15H14F3NO4/c1-2-23-11(20)7-4-8-19-12-9(13(21)14(19)22)5-3-6-10(12)15(16,17)18/h3,5-6H,2,4,7-8H2,1H3. The van der Waals surface area contributed by atoms with E-state index in [2.05, 4.69) is 0 Å². The average Bonchev–Trinajstić information content (AvgIpc) is 2.71. The van der Waals surface area contributed by atoms with E-state index in [9.17, 15) is 27.6 Å². The minimum atomic E-state index is -4.68. The highest BCUT2D eigenvalue weighted by atomic mass is 19.4. The number of benzene rings is 1. The second-order valence-electron chi connectivity index (χ2n) is 4.89. The Hall–Kier alpha value is -2.38. The van der Waals surface area contributed by atoms with Gasteiger partial charge in [0.25, 0.3) is 11.7 Å². The van der Waals surface area contributed by atoms with E-state index in [1.165, 1.54) is 6.07 Å². The summed E-state index contributed by atoms with van der Waals surface area (Å²) in [5, 5.41) is 0. The lowest BCUT2D eigenvalue weighted by molar-refractivity contribution is -0.143. The number of carbonyl (C=O) groups is 3. The van der Waals surface area contributed by atoms with Crippen LogP contribution >= 0.6 is 0 Å². The van der Waals surface area contributed by atoms with Crippen LogP contribution in [0.5, 0.6) is 0 Å². The molecule has 0 fully saturated rings. The van der Waals surface area contributed by atoms with E-state index in [1.807, 2.05) is 0 Å². The Morgan fingerprint density at radius 1 is 1.26 bits per heavy atom. The quantitative estimate of drug-likeness (QED) is 0.615. The molecule has 2 rings (SSSR count). The second-order valence-corrected chi connectivity index (χ2v) is 4.89. The number of hydrogen-bond acceptors (Lipinski definition) is 4. The largest absolute Gasteiger partial charge is 0.466 e. The number of carbonyl (C=O) groups excluding carboxylic acids is 3. The number of esters is 1. The summed E-state index contributed by atoms with van der Waals surface area (Å²) in [4.78, 5) is 35.8. The Morgan fingerprint density at radius 3 is 2.57 bits per heavy atom. The van der Waals surface area contributed by atoms with Gasteiger partial charge in [0.1, 0.15) is 0 Å². The predicted octanol–water partition coefficient (Wildman–Crippen LogP) is 2.58. The van der Waals surface area contributed by atoms with Crippen molar-refractivity contribution < 1.29 is 32.3 Å². The summed E-state index contributed by atoms with van der Waals surface area (Å²) in [5.41, 5.74) is -1.73. The number of anilines is 1. The molecule has 0 saturated carbocycles. The molecule has 1 heterocycles. The molecule has 0 aromatic heterocycles. The number of alkyl halides is 3. The zero-order valence-corrected chi connectivity index (χ0v) is 12.3. The molecule has 8 heteroatoms. The van der Waals surface area contributed by atoms with Gasteiger partial charge in [-0.1, -0.05) is 6.07 Å². The van der Waals surface area contributed by atoms with E-state index >= 15 is 0 Å². The summed E-state index contributed by atoms with van der Waals surface area (Å²) < 4.78 is 44.0. The number of hydrogen-bond donors (Lipinski definition) is 0. The molecule has 1 aromatic rings. The normalized spacial score (nSPS) is 14.2. The first kappa shape index (κ1) is 17.0. The van der Waals surface area contributed by atoms with Crippen molar-refractivity contribution in [3.63, 3.8) is 0 Å². The zero-order chi connectivity index (χ0) is 17.2. The van der Waals surface area contributed by atoms with Gasteiger partial charge >= 0.3 is 12.1 Å². The second kappa shape index (κ2) is 6.39. The smallest absolute Gasteiger partial charge is 0.418 e. The van der Waals surface area contributed by atoms with E-state index < -0.39 is 35.1 Å². The fourth-order valence-corrected chi connectivity index (χ4v) is 2.41. The third-order valence-corrected chi connectivity index (χ3v) is 3.36. The zero-order valence-electron chi connectivity index (χ0n) is 12.3. The average molecular weight is 329 g/mol. The molecule has 1 amide bonds. The first-order valence-electron chi connectivity index (χ1n) is 6.99. The van der Waals surface area contributed by atoms with Crippen LogP contribution in [0.3, 0.4) is 0 Å². The van der Waals surface area contributed by atoms with Crippen molar-refractivity contribution in [1.29, 1.82) is 0 Å².